The summed E-state index contributed by atoms with van der Waals surface area (Å²) in [6, 6.07) is 42.5. The first-order chi connectivity index (χ1) is 43.1. The number of hydrogen-bond donors (Lipinski definition) is 9. The number of likely N-dealkylation sites (N-methyl/N-ethyl adjacent to an activating group) is 1. The van der Waals surface area contributed by atoms with Crippen LogP contribution in [0.1, 0.15) is 5.56 Å². The molecule has 10 aromatic heterocycles. The van der Waals surface area contributed by atoms with Gasteiger partial charge in [0.25, 0.3) is 0 Å². The van der Waals surface area contributed by atoms with E-state index in [0.29, 0.717) is 23.7 Å². The molecule has 15 aromatic rings. The van der Waals surface area contributed by atoms with Gasteiger partial charge in [-0.1, -0.05) is 15.9 Å². The zero-order valence-corrected chi connectivity index (χ0v) is 52.5. The topological polar surface area (TPSA) is 255 Å². The second-order valence-electron chi connectivity index (χ2n) is 20.5. The molecule has 1 fully saturated rings. The van der Waals surface area contributed by atoms with Crippen LogP contribution in [-0.2, 0) is 0 Å². The van der Waals surface area contributed by atoms with Crippen molar-refractivity contribution in [3.05, 3.63) is 183 Å². The summed E-state index contributed by atoms with van der Waals surface area (Å²) in [5.41, 5.74) is 12.9. The van der Waals surface area contributed by atoms with Gasteiger partial charge in [0.15, 0.2) is 17.5 Å². The van der Waals surface area contributed by atoms with E-state index in [1.807, 2.05) is 120 Å². The fraction of sp³-hybridized carbons (Fsp3) is 0.0968. The lowest BCUT2D eigenvalue weighted by molar-refractivity contribution is 0.313. The number of rotatable bonds is 13. The van der Waals surface area contributed by atoms with E-state index >= 15 is 0 Å². The molecular formula is C62H51Br2N21S3. The Bertz CT molecular complexity index is 4940. The highest BCUT2D eigenvalue weighted by molar-refractivity contribution is 9.10. The number of piperazine rings is 1. The number of thiophene rings is 3. The first-order valence-corrected chi connectivity index (χ1v) is 31.9. The van der Waals surface area contributed by atoms with Crippen LogP contribution >= 0.6 is 65.9 Å². The summed E-state index contributed by atoms with van der Waals surface area (Å²) in [6.45, 7) is 6.35. The Morgan fingerprint density at radius 3 is 1.35 bits per heavy atom. The fourth-order valence-corrected chi connectivity index (χ4v) is 12.9. The van der Waals surface area contributed by atoms with E-state index in [1.54, 1.807) is 46.4 Å². The zero-order chi connectivity index (χ0) is 59.5. The monoisotopic (exact) mass is 1340 g/mol. The molecule has 88 heavy (non-hydrogen) atoms. The van der Waals surface area contributed by atoms with Gasteiger partial charge in [0.2, 0.25) is 17.8 Å². The average Bonchev–Trinajstić information content (AvgIpc) is 3.15. The smallest absolute Gasteiger partial charge is 0.231 e. The number of aryl methyl sites for hydroxylation is 1. The Morgan fingerprint density at radius 2 is 0.886 bits per heavy atom. The first kappa shape index (κ1) is 56.1. The number of anilines is 13. The molecule has 0 spiro atoms. The van der Waals surface area contributed by atoms with E-state index < -0.39 is 0 Å². The molecule has 26 heteroatoms. The van der Waals surface area contributed by atoms with Crippen LogP contribution < -0.4 is 36.8 Å². The molecule has 16 rings (SSSR count). The average molecular weight is 1350 g/mol. The predicted molar refractivity (Wildman–Crippen MR) is 367 cm³/mol. The molecule has 0 atom stereocenters. The third-order valence-corrected chi connectivity index (χ3v) is 18.1. The number of nitrogens with one attached hydrogen (secondary N) is 9. The Balaban J connectivity index is 0.000000117. The van der Waals surface area contributed by atoms with Gasteiger partial charge in [0.05, 0.1) is 65.8 Å². The van der Waals surface area contributed by atoms with E-state index in [-0.39, 0.29) is 0 Å². The Hall–Kier alpha value is -9.70. The lowest BCUT2D eigenvalue weighted by Gasteiger charge is -2.34. The Morgan fingerprint density at radius 1 is 0.432 bits per heavy atom. The zero-order valence-electron chi connectivity index (χ0n) is 46.8. The van der Waals surface area contributed by atoms with Gasteiger partial charge >= 0.3 is 0 Å². The Labute approximate surface area is 530 Å². The molecule has 0 radical (unpaired) electrons. The molecule has 0 bridgehead atoms. The van der Waals surface area contributed by atoms with Crippen molar-refractivity contribution in [3.8, 4) is 0 Å². The van der Waals surface area contributed by atoms with Gasteiger partial charge in [-0.2, -0.15) is 30.2 Å². The summed E-state index contributed by atoms with van der Waals surface area (Å²) in [7, 11) is 2.17. The second kappa shape index (κ2) is 25.0. The van der Waals surface area contributed by atoms with Crippen molar-refractivity contribution in [2.24, 2.45) is 0 Å². The minimum Gasteiger partial charge on any atom is -0.369 e. The molecular weight excluding hydrogens is 1290 g/mol. The number of fused-ring (bicyclic) bond motifs is 6. The van der Waals surface area contributed by atoms with Gasteiger partial charge < -0.3 is 41.7 Å². The summed E-state index contributed by atoms with van der Waals surface area (Å²) < 4.78 is 5.00. The van der Waals surface area contributed by atoms with Crippen LogP contribution in [0.3, 0.4) is 0 Å². The van der Waals surface area contributed by atoms with Crippen LogP contribution in [0.15, 0.2) is 177 Å². The van der Waals surface area contributed by atoms with E-state index in [9.17, 15) is 0 Å². The maximum Gasteiger partial charge on any atom is 0.231 e. The summed E-state index contributed by atoms with van der Waals surface area (Å²) >= 11 is 11.7. The number of pyridine rings is 1. The van der Waals surface area contributed by atoms with Crippen molar-refractivity contribution in [3.63, 3.8) is 0 Å². The summed E-state index contributed by atoms with van der Waals surface area (Å²) in [5.74, 6) is 4.61. The minimum atomic E-state index is 0.489. The molecule has 0 unspecified atom stereocenters. The lowest BCUT2D eigenvalue weighted by atomic mass is 10.2. The van der Waals surface area contributed by atoms with E-state index in [2.05, 4.69) is 174 Å². The van der Waals surface area contributed by atoms with E-state index in [4.69, 9.17) is 15.0 Å². The minimum absolute atomic E-state index is 0.489. The number of H-pyrrole nitrogens is 3. The second-order valence-corrected chi connectivity index (χ2v) is 25.1. The molecule has 9 N–H and O–H groups in total. The lowest BCUT2D eigenvalue weighted by Crippen LogP contribution is -2.44. The van der Waals surface area contributed by atoms with Crippen LogP contribution in [0.4, 0.5) is 75.2 Å². The highest BCUT2D eigenvalue weighted by Crippen LogP contribution is 2.35. The van der Waals surface area contributed by atoms with Crippen molar-refractivity contribution < 1.29 is 0 Å². The quantitative estimate of drug-likeness (QED) is 0.0520. The molecule has 436 valence electrons. The molecule has 1 saturated heterocycles. The molecule has 21 nitrogen and oxygen atoms in total. The molecule has 0 saturated carbocycles. The van der Waals surface area contributed by atoms with Gasteiger partial charge in [-0.25, -0.2) is 19.9 Å². The highest BCUT2D eigenvalue weighted by atomic mass is 79.9. The summed E-state index contributed by atoms with van der Waals surface area (Å²) in [6.07, 6.45) is 7.16. The SMILES string of the molecule is Brc1ccc(Nc2nc(Nc3ccc4[nH]ncc4c3)c3sccc3n2)nc1.CN1CCN(c2ccc(Nc3nc(Nc4ccc5[nH]ncc5c4)c4sccc4n3)cc2)CC1.Cc1cc(Br)ccc1Nc1nc(Nc2ccc3[nH]ncc3c2)c2sccc2n1. The van der Waals surface area contributed by atoms with Gasteiger partial charge in [-0.3, -0.25) is 15.3 Å². The largest absolute Gasteiger partial charge is 0.369 e. The molecule has 11 heterocycles. The van der Waals surface area contributed by atoms with Crippen molar-refractivity contribution in [1.82, 2.24) is 70.4 Å². The molecule has 1 aliphatic heterocycles. The number of benzene rings is 5. The van der Waals surface area contributed by atoms with Crippen LogP contribution in [-0.4, -0.2) is 104 Å². The number of halogens is 2. The highest BCUT2D eigenvalue weighted by Gasteiger charge is 2.17. The van der Waals surface area contributed by atoms with Crippen LogP contribution in [0.25, 0.3) is 63.4 Å². The number of hydrogen-bond acceptors (Lipinski definition) is 21. The van der Waals surface area contributed by atoms with Gasteiger partial charge in [-0.15, -0.1) is 34.0 Å². The van der Waals surface area contributed by atoms with Gasteiger partial charge in [0.1, 0.15) is 5.82 Å². The third-order valence-electron chi connectivity index (χ3n) is 14.4. The van der Waals surface area contributed by atoms with E-state index in [1.165, 1.54) is 5.69 Å². The molecule has 0 amide bonds. The third kappa shape index (κ3) is 12.7. The predicted octanol–water partition coefficient (Wildman–Crippen LogP) is 16.1. The molecule has 5 aromatic carbocycles. The fourth-order valence-electron chi connectivity index (χ4n) is 9.89. The van der Waals surface area contributed by atoms with Crippen molar-refractivity contribution in [2.75, 3.05) is 70.0 Å². The van der Waals surface area contributed by atoms with Crippen LogP contribution in [0, 0.1) is 6.92 Å². The molecule has 0 aliphatic carbocycles. The maximum absolute atomic E-state index is 4.79. The van der Waals surface area contributed by atoms with Crippen LogP contribution in [0.2, 0.25) is 0 Å². The number of nitrogens with zero attached hydrogens (tertiary/aromatic N) is 12. The molecule has 1 aliphatic rings. The maximum atomic E-state index is 4.79. The van der Waals surface area contributed by atoms with Gasteiger partial charge in [-0.05, 0) is 179 Å². The van der Waals surface area contributed by atoms with Crippen molar-refractivity contribution in [1.29, 1.82) is 0 Å². The standard InChI is InChI=1S/C24H24N8S.C20H15BrN6S.C18H12BrN7S/c1-31-9-11-32(12-10-31)19-5-2-17(3-6-19)27-24-28-21-8-13-33-22(21)23(29-24)26-18-4-7-20-16(14-18)15-25-30-20;1-11-8-13(21)2-4-15(11)24-20-25-17-6-7-28-18(17)19(26-20)23-14-3-5-16-12(9-14)10-22-27-16;19-11-1-4-15(20-9-11)24-18-23-14-5-6-27-16(14)17(25-18)22-12-2-3-13-10(7-12)8-21-26-13/h2-8,13-15H,9-12H2,1H3,(H,25,30)(H2,26,27,28,29);2-10H,1H3,(H,22,27)(H2,23,24,25,26);1-9H,(H,21,26)(H2,20,22,23,24,25). The van der Waals surface area contributed by atoms with E-state index in [0.717, 1.165) is 150 Å². The number of aromatic amines is 3. The Kier molecular flexibility index (Phi) is 15.9. The summed E-state index contributed by atoms with van der Waals surface area (Å²) in [5, 5.41) is 50.5. The normalized spacial score (nSPS) is 12.5. The number of aromatic nitrogens is 13. The first-order valence-electron chi connectivity index (χ1n) is 27.7. The summed E-state index contributed by atoms with van der Waals surface area (Å²) in [4.78, 5) is 37.2. The van der Waals surface area contributed by atoms with Crippen molar-refractivity contribution >= 4 is 204 Å². The van der Waals surface area contributed by atoms with Crippen LogP contribution in [0.5, 0.6) is 0 Å². The van der Waals surface area contributed by atoms with Crippen molar-refractivity contribution in [2.45, 2.75) is 6.92 Å². The van der Waals surface area contributed by atoms with Gasteiger partial charge in [0, 0.05) is 91.6 Å².